The molecule has 0 saturated heterocycles. The number of hydrogen-bond acceptors (Lipinski definition) is 3. The van der Waals surface area contributed by atoms with Gasteiger partial charge in [-0.15, -0.1) is 11.3 Å². The highest BCUT2D eigenvalue weighted by Crippen LogP contribution is 2.23. The molecule has 1 N–H and O–H groups in total. The van der Waals surface area contributed by atoms with Crippen molar-refractivity contribution in [3.63, 3.8) is 0 Å². The molecule has 0 aliphatic heterocycles. The number of fused-ring (bicyclic) bond motifs is 3. The Hall–Kier alpha value is -1.68. The van der Waals surface area contributed by atoms with Gasteiger partial charge in [-0.1, -0.05) is 0 Å². The molecule has 0 amide bonds. The molecule has 0 saturated carbocycles. The predicted octanol–water partition coefficient (Wildman–Crippen LogP) is 2.14. The summed E-state index contributed by atoms with van der Waals surface area (Å²) in [7, 11) is 0. The van der Waals surface area contributed by atoms with Crippen molar-refractivity contribution in [2.24, 2.45) is 0 Å². The van der Waals surface area contributed by atoms with Crippen molar-refractivity contribution in [2.45, 2.75) is 0 Å². The standard InChI is InChI=1S/C10H6N2OS/c13-10-9-6(2-4-14-9)7-5-11-3-1-8(7)12-10/h1-5H,(H,12,13). The van der Waals surface area contributed by atoms with Crippen molar-refractivity contribution in [1.29, 1.82) is 0 Å². The maximum Gasteiger partial charge on any atom is 0.266 e. The molecular formula is C10H6N2OS. The Morgan fingerprint density at radius 1 is 1.29 bits per heavy atom. The molecule has 0 fully saturated rings. The van der Waals surface area contributed by atoms with Gasteiger partial charge in [0.15, 0.2) is 0 Å². The van der Waals surface area contributed by atoms with Crippen molar-refractivity contribution in [1.82, 2.24) is 9.97 Å². The van der Waals surface area contributed by atoms with Crippen molar-refractivity contribution < 1.29 is 0 Å². The van der Waals surface area contributed by atoms with Gasteiger partial charge in [0.25, 0.3) is 5.56 Å². The van der Waals surface area contributed by atoms with E-state index >= 15 is 0 Å². The van der Waals surface area contributed by atoms with Gasteiger partial charge in [0, 0.05) is 23.2 Å². The molecule has 0 unspecified atom stereocenters. The molecule has 3 aromatic rings. The Morgan fingerprint density at radius 3 is 3.14 bits per heavy atom. The summed E-state index contributed by atoms with van der Waals surface area (Å²) in [5.74, 6) is 0. The van der Waals surface area contributed by atoms with E-state index in [0.717, 1.165) is 21.0 Å². The number of hydrogen-bond donors (Lipinski definition) is 1. The zero-order valence-corrected chi connectivity index (χ0v) is 7.97. The van der Waals surface area contributed by atoms with E-state index in [2.05, 4.69) is 9.97 Å². The zero-order valence-electron chi connectivity index (χ0n) is 7.15. The molecule has 0 spiro atoms. The highest BCUT2D eigenvalue weighted by molar-refractivity contribution is 7.17. The SMILES string of the molecule is O=c1[nH]c2ccncc2c2ccsc12. The number of rotatable bonds is 0. The number of thiophene rings is 1. The number of aromatic nitrogens is 2. The average molecular weight is 202 g/mol. The van der Waals surface area contributed by atoms with E-state index in [-0.39, 0.29) is 5.56 Å². The van der Waals surface area contributed by atoms with Crippen LogP contribution in [0, 0.1) is 0 Å². The van der Waals surface area contributed by atoms with Gasteiger partial charge in [-0.3, -0.25) is 9.78 Å². The molecule has 3 heterocycles. The Balaban J connectivity index is 2.73. The van der Waals surface area contributed by atoms with Gasteiger partial charge in [-0.25, -0.2) is 0 Å². The lowest BCUT2D eigenvalue weighted by atomic mass is 10.2. The van der Waals surface area contributed by atoms with Crippen LogP contribution in [0.3, 0.4) is 0 Å². The van der Waals surface area contributed by atoms with Crippen LogP contribution < -0.4 is 5.56 Å². The van der Waals surface area contributed by atoms with Gasteiger partial charge in [0.2, 0.25) is 0 Å². The molecule has 0 aromatic carbocycles. The maximum absolute atomic E-state index is 11.6. The molecule has 0 atom stereocenters. The summed E-state index contributed by atoms with van der Waals surface area (Å²) in [4.78, 5) is 18.5. The lowest BCUT2D eigenvalue weighted by molar-refractivity contribution is 1.31. The molecule has 68 valence electrons. The summed E-state index contributed by atoms with van der Waals surface area (Å²) in [6, 6.07) is 3.77. The summed E-state index contributed by atoms with van der Waals surface area (Å²) >= 11 is 1.46. The molecular weight excluding hydrogens is 196 g/mol. The third kappa shape index (κ3) is 0.914. The predicted molar refractivity (Wildman–Crippen MR) is 57.7 cm³/mol. The smallest absolute Gasteiger partial charge is 0.266 e. The van der Waals surface area contributed by atoms with E-state index < -0.39 is 0 Å². The number of nitrogens with one attached hydrogen (secondary N) is 1. The van der Waals surface area contributed by atoms with Crippen molar-refractivity contribution in [3.05, 3.63) is 40.3 Å². The topological polar surface area (TPSA) is 45.8 Å². The fourth-order valence-electron chi connectivity index (χ4n) is 1.59. The summed E-state index contributed by atoms with van der Waals surface area (Å²) in [5.41, 5.74) is 0.824. The van der Waals surface area contributed by atoms with Crippen LogP contribution in [0.1, 0.15) is 0 Å². The first kappa shape index (κ1) is 7.70. The fourth-order valence-corrected chi connectivity index (χ4v) is 2.40. The van der Waals surface area contributed by atoms with Gasteiger partial charge in [-0.05, 0) is 17.5 Å². The second-order valence-electron chi connectivity index (χ2n) is 3.04. The number of nitrogens with zero attached hydrogens (tertiary/aromatic N) is 1. The highest BCUT2D eigenvalue weighted by atomic mass is 32.1. The quantitative estimate of drug-likeness (QED) is 0.607. The minimum Gasteiger partial charge on any atom is -0.321 e. The second-order valence-corrected chi connectivity index (χ2v) is 3.95. The number of pyridine rings is 2. The maximum atomic E-state index is 11.6. The lowest BCUT2D eigenvalue weighted by Gasteiger charge is -1.97. The Kier molecular flexibility index (Phi) is 1.46. The van der Waals surface area contributed by atoms with E-state index in [1.165, 1.54) is 11.3 Å². The molecule has 4 heteroatoms. The molecule has 14 heavy (non-hydrogen) atoms. The van der Waals surface area contributed by atoms with E-state index in [4.69, 9.17) is 0 Å². The largest absolute Gasteiger partial charge is 0.321 e. The average Bonchev–Trinajstić information content (AvgIpc) is 2.67. The molecule has 0 aliphatic carbocycles. The summed E-state index contributed by atoms with van der Waals surface area (Å²) in [6.07, 6.45) is 3.46. The normalized spacial score (nSPS) is 11.1. The summed E-state index contributed by atoms with van der Waals surface area (Å²) < 4.78 is 0.769. The molecule has 3 nitrogen and oxygen atoms in total. The third-order valence-electron chi connectivity index (χ3n) is 2.23. The Labute approximate surface area is 83.0 Å². The zero-order chi connectivity index (χ0) is 9.54. The van der Waals surface area contributed by atoms with Crippen LogP contribution in [0.2, 0.25) is 0 Å². The Bertz CT molecular complexity index is 668. The van der Waals surface area contributed by atoms with E-state index in [1.54, 1.807) is 12.4 Å². The molecule has 3 aromatic heterocycles. The fraction of sp³-hybridized carbons (Fsp3) is 0. The van der Waals surface area contributed by atoms with E-state index in [9.17, 15) is 4.79 Å². The summed E-state index contributed by atoms with van der Waals surface area (Å²) in [6.45, 7) is 0. The van der Waals surface area contributed by atoms with Crippen LogP contribution in [0.25, 0.3) is 21.0 Å². The van der Waals surface area contributed by atoms with Crippen LogP contribution in [0.15, 0.2) is 34.7 Å². The van der Waals surface area contributed by atoms with E-state index in [1.807, 2.05) is 17.5 Å². The van der Waals surface area contributed by atoms with Gasteiger partial charge < -0.3 is 4.98 Å². The van der Waals surface area contributed by atoms with Gasteiger partial charge in [0.1, 0.15) is 4.70 Å². The van der Waals surface area contributed by atoms with Gasteiger partial charge in [0.05, 0.1) is 5.52 Å². The summed E-state index contributed by atoms with van der Waals surface area (Å²) in [5, 5.41) is 3.91. The minimum absolute atomic E-state index is 0.0197. The molecule has 0 aliphatic rings. The first-order valence-corrected chi connectivity index (χ1v) is 5.07. The van der Waals surface area contributed by atoms with Crippen molar-refractivity contribution >= 4 is 32.3 Å². The van der Waals surface area contributed by atoms with Gasteiger partial charge >= 0.3 is 0 Å². The minimum atomic E-state index is -0.0197. The lowest BCUT2D eigenvalue weighted by Crippen LogP contribution is -2.03. The first-order valence-electron chi connectivity index (χ1n) is 4.19. The van der Waals surface area contributed by atoms with Crippen LogP contribution in [0.4, 0.5) is 0 Å². The van der Waals surface area contributed by atoms with Gasteiger partial charge in [-0.2, -0.15) is 0 Å². The van der Waals surface area contributed by atoms with Crippen LogP contribution in [-0.2, 0) is 0 Å². The highest BCUT2D eigenvalue weighted by Gasteiger charge is 2.04. The molecule has 0 bridgehead atoms. The third-order valence-corrected chi connectivity index (χ3v) is 3.14. The van der Waals surface area contributed by atoms with Crippen LogP contribution >= 0.6 is 11.3 Å². The monoisotopic (exact) mass is 202 g/mol. The first-order chi connectivity index (χ1) is 6.86. The molecule has 0 radical (unpaired) electrons. The van der Waals surface area contributed by atoms with E-state index in [0.29, 0.717) is 0 Å². The van der Waals surface area contributed by atoms with Crippen molar-refractivity contribution in [2.75, 3.05) is 0 Å². The van der Waals surface area contributed by atoms with Crippen LogP contribution in [0.5, 0.6) is 0 Å². The Morgan fingerprint density at radius 2 is 2.21 bits per heavy atom. The number of H-pyrrole nitrogens is 1. The second kappa shape index (κ2) is 2.65. The molecule has 3 rings (SSSR count). The van der Waals surface area contributed by atoms with Crippen molar-refractivity contribution in [3.8, 4) is 0 Å². The van der Waals surface area contributed by atoms with Crippen LogP contribution in [-0.4, -0.2) is 9.97 Å². The number of aromatic amines is 1.